The van der Waals surface area contributed by atoms with Crippen LogP contribution in [-0.2, 0) is 9.53 Å². The number of benzene rings is 1. The van der Waals surface area contributed by atoms with E-state index in [4.69, 9.17) is 19.9 Å². The van der Waals surface area contributed by atoms with Gasteiger partial charge in [0.2, 0.25) is 0 Å². The molecule has 0 bridgehead atoms. The standard InChI is InChI=1S/C17H24N2O6/c1-17(2,3)25-16(22)19-12(15(20)21)9-11(18)10-4-5-13-14(8-10)24-7-6-23-13/h4-5,8,11-12H,6-7,9,18H2,1-3H3,(H,19,22)(H,20,21). The third-order valence-corrected chi connectivity index (χ3v) is 3.47. The number of rotatable bonds is 5. The Labute approximate surface area is 146 Å². The number of nitrogens with two attached hydrogens (primary N) is 1. The minimum atomic E-state index is -1.18. The molecule has 0 aromatic heterocycles. The van der Waals surface area contributed by atoms with E-state index >= 15 is 0 Å². The molecule has 8 heteroatoms. The SMILES string of the molecule is CC(C)(C)OC(=O)NC(CC(N)c1ccc2c(c1)OCCO2)C(=O)O. The number of hydrogen-bond acceptors (Lipinski definition) is 6. The summed E-state index contributed by atoms with van der Waals surface area (Å²) in [5.74, 6) is 0.0221. The molecule has 0 saturated heterocycles. The van der Waals surface area contributed by atoms with E-state index < -0.39 is 29.7 Å². The van der Waals surface area contributed by atoms with Crippen molar-refractivity contribution in [2.24, 2.45) is 5.73 Å². The summed E-state index contributed by atoms with van der Waals surface area (Å²) in [5, 5.41) is 11.7. The summed E-state index contributed by atoms with van der Waals surface area (Å²) in [5.41, 5.74) is 6.10. The van der Waals surface area contributed by atoms with E-state index in [1.54, 1.807) is 39.0 Å². The third kappa shape index (κ3) is 5.53. The number of carboxylic acid groups (broad SMARTS) is 1. The molecule has 2 unspecified atom stereocenters. The van der Waals surface area contributed by atoms with E-state index in [9.17, 15) is 14.7 Å². The molecule has 1 aromatic rings. The lowest BCUT2D eigenvalue weighted by atomic mass is 9.99. The predicted octanol–water partition coefficient (Wildman–Crippen LogP) is 1.83. The van der Waals surface area contributed by atoms with Crippen LogP contribution >= 0.6 is 0 Å². The molecule has 8 nitrogen and oxygen atoms in total. The van der Waals surface area contributed by atoms with Crippen LogP contribution < -0.4 is 20.5 Å². The van der Waals surface area contributed by atoms with E-state index in [1.165, 1.54) is 0 Å². The topological polar surface area (TPSA) is 120 Å². The van der Waals surface area contributed by atoms with Crippen molar-refractivity contribution >= 4 is 12.1 Å². The lowest BCUT2D eigenvalue weighted by Crippen LogP contribution is -2.44. The van der Waals surface area contributed by atoms with Crippen LogP contribution in [0.25, 0.3) is 0 Å². The van der Waals surface area contributed by atoms with E-state index in [-0.39, 0.29) is 6.42 Å². The molecule has 0 aliphatic carbocycles. The number of nitrogens with one attached hydrogen (secondary N) is 1. The Morgan fingerprint density at radius 1 is 1.28 bits per heavy atom. The van der Waals surface area contributed by atoms with Gasteiger partial charge in [-0.3, -0.25) is 0 Å². The van der Waals surface area contributed by atoms with E-state index in [0.717, 1.165) is 0 Å². The van der Waals surface area contributed by atoms with Gasteiger partial charge in [0.05, 0.1) is 0 Å². The quantitative estimate of drug-likeness (QED) is 0.739. The normalized spacial score (nSPS) is 15.8. The fourth-order valence-corrected chi connectivity index (χ4v) is 2.35. The number of amides is 1. The third-order valence-electron chi connectivity index (χ3n) is 3.47. The van der Waals surface area contributed by atoms with Gasteiger partial charge in [-0.25, -0.2) is 9.59 Å². The van der Waals surface area contributed by atoms with Crippen LogP contribution in [0, 0.1) is 0 Å². The second-order valence-corrected chi connectivity index (χ2v) is 6.78. The van der Waals surface area contributed by atoms with Crippen molar-refractivity contribution in [3.63, 3.8) is 0 Å². The fourth-order valence-electron chi connectivity index (χ4n) is 2.35. The van der Waals surface area contributed by atoms with Gasteiger partial charge < -0.3 is 30.4 Å². The molecule has 0 spiro atoms. The van der Waals surface area contributed by atoms with Crippen molar-refractivity contribution < 1.29 is 28.9 Å². The highest BCUT2D eigenvalue weighted by molar-refractivity contribution is 5.80. The summed E-state index contributed by atoms with van der Waals surface area (Å²) < 4.78 is 16.0. The summed E-state index contributed by atoms with van der Waals surface area (Å²) in [6, 6.07) is 3.45. The Bertz CT molecular complexity index is 641. The molecule has 25 heavy (non-hydrogen) atoms. The van der Waals surface area contributed by atoms with Crippen LogP contribution in [0.15, 0.2) is 18.2 Å². The van der Waals surface area contributed by atoms with Gasteiger partial charge in [0.25, 0.3) is 0 Å². The predicted molar refractivity (Wildman–Crippen MR) is 89.8 cm³/mol. The summed E-state index contributed by atoms with van der Waals surface area (Å²) in [6.07, 6.45) is -0.789. The maximum atomic E-state index is 11.8. The summed E-state index contributed by atoms with van der Waals surface area (Å²) in [4.78, 5) is 23.2. The summed E-state index contributed by atoms with van der Waals surface area (Å²) in [7, 11) is 0. The minimum Gasteiger partial charge on any atom is -0.486 e. The molecular formula is C17H24N2O6. The number of hydrogen-bond donors (Lipinski definition) is 3. The monoisotopic (exact) mass is 352 g/mol. The minimum absolute atomic E-state index is 0.00815. The first kappa shape index (κ1) is 18.9. The molecule has 1 amide bonds. The van der Waals surface area contributed by atoms with E-state index in [2.05, 4.69) is 5.32 Å². The Morgan fingerprint density at radius 3 is 2.52 bits per heavy atom. The van der Waals surface area contributed by atoms with Crippen molar-refractivity contribution in [2.75, 3.05) is 13.2 Å². The molecule has 4 N–H and O–H groups in total. The maximum Gasteiger partial charge on any atom is 0.408 e. The first-order chi connectivity index (χ1) is 11.7. The average Bonchev–Trinajstić information content (AvgIpc) is 2.51. The molecule has 2 rings (SSSR count). The lowest BCUT2D eigenvalue weighted by Gasteiger charge is -2.24. The zero-order valence-electron chi connectivity index (χ0n) is 14.6. The maximum absolute atomic E-state index is 11.8. The van der Waals surface area contributed by atoms with Crippen molar-refractivity contribution in [1.82, 2.24) is 5.32 Å². The molecule has 1 aliphatic heterocycles. The van der Waals surface area contributed by atoms with Crippen LogP contribution in [0.3, 0.4) is 0 Å². The molecular weight excluding hydrogens is 328 g/mol. The second kappa shape index (κ2) is 7.60. The number of ether oxygens (including phenoxy) is 3. The lowest BCUT2D eigenvalue weighted by molar-refractivity contribution is -0.139. The van der Waals surface area contributed by atoms with Gasteiger partial charge in [0.1, 0.15) is 24.9 Å². The Morgan fingerprint density at radius 2 is 1.92 bits per heavy atom. The first-order valence-electron chi connectivity index (χ1n) is 8.03. The second-order valence-electron chi connectivity index (χ2n) is 6.78. The van der Waals surface area contributed by atoms with E-state index in [0.29, 0.717) is 30.3 Å². The zero-order valence-corrected chi connectivity index (χ0v) is 14.6. The number of aliphatic carboxylic acids is 1. The zero-order chi connectivity index (χ0) is 18.6. The fraction of sp³-hybridized carbons (Fsp3) is 0.529. The molecule has 0 radical (unpaired) electrons. The molecule has 2 atom stereocenters. The number of fused-ring (bicyclic) bond motifs is 1. The van der Waals surface area contributed by atoms with Gasteiger partial charge in [-0.05, 0) is 44.9 Å². The highest BCUT2D eigenvalue weighted by Crippen LogP contribution is 2.33. The first-order valence-corrected chi connectivity index (χ1v) is 8.03. The van der Waals surface area contributed by atoms with Crippen LogP contribution in [-0.4, -0.2) is 42.0 Å². The Balaban J connectivity index is 2.03. The molecule has 1 aliphatic rings. The summed E-state index contributed by atoms with van der Waals surface area (Å²) in [6.45, 7) is 6.03. The van der Waals surface area contributed by atoms with E-state index in [1.807, 2.05) is 0 Å². The van der Waals surface area contributed by atoms with Crippen LogP contribution in [0.1, 0.15) is 38.8 Å². The van der Waals surface area contributed by atoms with Gasteiger partial charge >= 0.3 is 12.1 Å². The van der Waals surface area contributed by atoms with Crippen molar-refractivity contribution in [2.45, 2.75) is 44.9 Å². The number of carbonyl (C=O) groups is 2. The van der Waals surface area contributed by atoms with Crippen molar-refractivity contribution in [3.05, 3.63) is 23.8 Å². The van der Waals surface area contributed by atoms with Crippen molar-refractivity contribution in [1.29, 1.82) is 0 Å². The smallest absolute Gasteiger partial charge is 0.408 e. The van der Waals surface area contributed by atoms with Gasteiger partial charge in [-0.15, -0.1) is 0 Å². The molecule has 1 heterocycles. The van der Waals surface area contributed by atoms with Crippen LogP contribution in [0.2, 0.25) is 0 Å². The highest BCUT2D eigenvalue weighted by Gasteiger charge is 2.27. The van der Waals surface area contributed by atoms with Gasteiger partial charge in [0.15, 0.2) is 11.5 Å². The van der Waals surface area contributed by atoms with Crippen molar-refractivity contribution in [3.8, 4) is 11.5 Å². The highest BCUT2D eigenvalue weighted by atomic mass is 16.6. The Kier molecular flexibility index (Phi) is 5.73. The molecule has 1 aromatic carbocycles. The summed E-state index contributed by atoms with van der Waals surface area (Å²) >= 11 is 0. The van der Waals surface area contributed by atoms with Crippen LogP contribution in [0.4, 0.5) is 4.79 Å². The molecule has 0 saturated carbocycles. The Hall–Kier alpha value is -2.48. The van der Waals surface area contributed by atoms with Gasteiger partial charge in [0, 0.05) is 6.04 Å². The van der Waals surface area contributed by atoms with Gasteiger partial charge in [-0.2, -0.15) is 0 Å². The number of carbonyl (C=O) groups excluding carboxylic acids is 1. The average molecular weight is 352 g/mol. The largest absolute Gasteiger partial charge is 0.486 e. The molecule has 138 valence electrons. The number of alkyl carbamates (subject to hydrolysis) is 1. The van der Waals surface area contributed by atoms with Gasteiger partial charge in [-0.1, -0.05) is 6.07 Å². The van der Waals surface area contributed by atoms with Crippen LogP contribution in [0.5, 0.6) is 11.5 Å². The molecule has 0 fully saturated rings. The number of carboxylic acids is 1.